The molecule has 0 fully saturated rings. The molecule has 0 saturated heterocycles. The van der Waals surface area contributed by atoms with Gasteiger partial charge in [0.25, 0.3) is 5.91 Å². The maximum absolute atomic E-state index is 13.2. The minimum absolute atomic E-state index is 0.115. The van der Waals surface area contributed by atoms with Crippen LogP contribution in [0.1, 0.15) is 29.8 Å². The summed E-state index contributed by atoms with van der Waals surface area (Å²) in [7, 11) is -3.29. The van der Waals surface area contributed by atoms with Crippen LogP contribution in [0.2, 0.25) is 0 Å². The summed E-state index contributed by atoms with van der Waals surface area (Å²) < 4.78 is 29.3. The lowest BCUT2D eigenvalue weighted by Gasteiger charge is -2.27. The van der Waals surface area contributed by atoms with E-state index in [4.69, 9.17) is 4.74 Å². The number of rotatable bonds is 7. The zero-order valence-electron chi connectivity index (χ0n) is 17.3. The van der Waals surface area contributed by atoms with E-state index in [1.807, 2.05) is 50.2 Å². The Kier molecular flexibility index (Phi) is 6.57. The highest BCUT2D eigenvalue weighted by molar-refractivity contribution is 7.90. The molecular formula is C24H25NO4S. The molecule has 0 aliphatic carbocycles. The van der Waals surface area contributed by atoms with E-state index >= 15 is 0 Å². The Morgan fingerprint density at radius 2 is 1.60 bits per heavy atom. The highest BCUT2D eigenvalue weighted by Crippen LogP contribution is 2.24. The van der Waals surface area contributed by atoms with E-state index in [0.29, 0.717) is 23.6 Å². The van der Waals surface area contributed by atoms with E-state index < -0.39 is 9.84 Å². The second-order valence-electron chi connectivity index (χ2n) is 7.34. The van der Waals surface area contributed by atoms with Crippen molar-refractivity contribution < 1.29 is 17.9 Å². The summed E-state index contributed by atoms with van der Waals surface area (Å²) in [6, 6.07) is 23.1. The zero-order chi connectivity index (χ0) is 21.7. The molecule has 0 N–H and O–H groups in total. The van der Waals surface area contributed by atoms with Gasteiger partial charge in [0.05, 0.1) is 4.90 Å². The number of carbonyl (C=O) groups excluding carboxylic acids is 1. The van der Waals surface area contributed by atoms with Crippen LogP contribution >= 0.6 is 0 Å². The number of carbonyl (C=O) groups is 1. The van der Waals surface area contributed by atoms with Gasteiger partial charge in [-0.15, -0.1) is 0 Å². The van der Waals surface area contributed by atoms with Crippen LogP contribution in [-0.4, -0.2) is 26.6 Å². The fourth-order valence-corrected chi connectivity index (χ4v) is 3.73. The Labute approximate surface area is 177 Å². The molecule has 0 aliphatic heterocycles. The first-order valence-corrected chi connectivity index (χ1v) is 11.6. The topological polar surface area (TPSA) is 63.7 Å². The van der Waals surface area contributed by atoms with Crippen molar-refractivity contribution in [1.82, 2.24) is 0 Å². The monoisotopic (exact) mass is 423 g/mol. The van der Waals surface area contributed by atoms with Crippen LogP contribution in [0.5, 0.6) is 5.75 Å². The lowest BCUT2D eigenvalue weighted by molar-refractivity contribution is 0.0979. The van der Waals surface area contributed by atoms with Crippen molar-refractivity contribution in [3.8, 4) is 5.75 Å². The van der Waals surface area contributed by atoms with Gasteiger partial charge in [0.15, 0.2) is 9.84 Å². The molecule has 0 atom stereocenters. The van der Waals surface area contributed by atoms with Crippen molar-refractivity contribution in [3.63, 3.8) is 0 Å². The summed E-state index contributed by atoms with van der Waals surface area (Å²) in [5.74, 6) is 0.433. The lowest BCUT2D eigenvalue weighted by Crippen LogP contribution is -2.37. The fourth-order valence-electron chi connectivity index (χ4n) is 3.10. The molecule has 6 heteroatoms. The van der Waals surface area contributed by atoms with Crippen LogP contribution in [-0.2, 0) is 16.4 Å². The molecule has 0 heterocycles. The SMILES string of the molecule is CC(C)N(C(=O)c1cccc(OCc2ccccc2)c1)c1ccc(S(C)(=O)=O)cc1. The summed E-state index contributed by atoms with van der Waals surface area (Å²) >= 11 is 0. The molecule has 0 unspecified atom stereocenters. The molecule has 3 aromatic carbocycles. The number of sulfone groups is 1. The predicted molar refractivity (Wildman–Crippen MR) is 119 cm³/mol. The number of hydrogen-bond donors (Lipinski definition) is 0. The third-order valence-electron chi connectivity index (χ3n) is 4.61. The van der Waals surface area contributed by atoms with Gasteiger partial charge in [-0.1, -0.05) is 36.4 Å². The summed E-state index contributed by atoms with van der Waals surface area (Å²) in [4.78, 5) is 15.1. The summed E-state index contributed by atoms with van der Waals surface area (Å²) in [6.07, 6.45) is 1.16. The second kappa shape index (κ2) is 9.13. The summed E-state index contributed by atoms with van der Waals surface area (Å²) in [5, 5.41) is 0. The van der Waals surface area contributed by atoms with E-state index in [-0.39, 0.29) is 16.8 Å². The standard InChI is InChI=1S/C24H25NO4S/c1-18(2)25(21-12-14-23(15-13-21)30(3,27)28)24(26)20-10-7-11-22(16-20)29-17-19-8-5-4-6-9-19/h4-16,18H,17H2,1-3H3. The van der Waals surface area contributed by atoms with Crippen molar-refractivity contribution in [1.29, 1.82) is 0 Å². The van der Waals surface area contributed by atoms with Gasteiger partial charge in [-0.05, 0) is 61.9 Å². The number of benzene rings is 3. The second-order valence-corrected chi connectivity index (χ2v) is 9.35. The van der Waals surface area contributed by atoms with Gasteiger partial charge in [0, 0.05) is 23.5 Å². The zero-order valence-corrected chi connectivity index (χ0v) is 18.1. The predicted octanol–water partition coefficient (Wildman–Crippen LogP) is 4.72. The number of amides is 1. The van der Waals surface area contributed by atoms with Crippen molar-refractivity contribution in [3.05, 3.63) is 90.0 Å². The van der Waals surface area contributed by atoms with Crippen molar-refractivity contribution >= 4 is 21.4 Å². The van der Waals surface area contributed by atoms with Crippen LogP contribution in [0, 0.1) is 0 Å². The van der Waals surface area contributed by atoms with Crippen LogP contribution < -0.4 is 9.64 Å². The van der Waals surface area contributed by atoms with Crippen molar-refractivity contribution in [2.75, 3.05) is 11.2 Å². The van der Waals surface area contributed by atoms with Gasteiger partial charge in [-0.2, -0.15) is 0 Å². The third kappa shape index (κ3) is 5.27. The minimum Gasteiger partial charge on any atom is -0.489 e. The molecule has 0 spiro atoms. The molecule has 30 heavy (non-hydrogen) atoms. The van der Waals surface area contributed by atoms with Crippen LogP contribution in [0.3, 0.4) is 0 Å². The number of nitrogens with zero attached hydrogens (tertiary/aromatic N) is 1. The molecule has 0 aromatic heterocycles. The Morgan fingerprint density at radius 3 is 2.20 bits per heavy atom. The van der Waals surface area contributed by atoms with Crippen molar-refractivity contribution in [2.24, 2.45) is 0 Å². The average Bonchev–Trinajstić information content (AvgIpc) is 2.73. The minimum atomic E-state index is -3.29. The van der Waals surface area contributed by atoms with Crippen molar-refractivity contribution in [2.45, 2.75) is 31.4 Å². The molecule has 3 aromatic rings. The average molecular weight is 424 g/mol. The Bertz CT molecular complexity index is 1110. The van der Waals surface area contributed by atoms with Gasteiger partial charge in [0.2, 0.25) is 0 Å². The molecule has 0 bridgehead atoms. The van der Waals surface area contributed by atoms with Gasteiger partial charge < -0.3 is 9.64 Å². The maximum atomic E-state index is 13.2. The highest BCUT2D eigenvalue weighted by atomic mass is 32.2. The molecule has 156 valence electrons. The largest absolute Gasteiger partial charge is 0.489 e. The molecule has 0 aliphatic rings. The smallest absolute Gasteiger partial charge is 0.258 e. The highest BCUT2D eigenvalue weighted by Gasteiger charge is 2.21. The summed E-state index contributed by atoms with van der Waals surface area (Å²) in [5.41, 5.74) is 2.18. The molecular weight excluding hydrogens is 398 g/mol. The Morgan fingerprint density at radius 1 is 0.933 bits per heavy atom. The normalized spacial score (nSPS) is 11.3. The first kappa shape index (κ1) is 21.6. The van der Waals surface area contributed by atoms with Crippen LogP contribution in [0.25, 0.3) is 0 Å². The Balaban J connectivity index is 1.82. The van der Waals surface area contributed by atoms with Crippen LogP contribution in [0.4, 0.5) is 5.69 Å². The van der Waals surface area contributed by atoms with Gasteiger partial charge in [-0.3, -0.25) is 4.79 Å². The van der Waals surface area contributed by atoms with E-state index in [0.717, 1.165) is 11.8 Å². The molecule has 1 amide bonds. The maximum Gasteiger partial charge on any atom is 0.258 e. The quantitative estimate of drug-likeness (QED) is 0.551. The van der Waals surface area contributed by atoms with E-state index in [1.54, 1.807) is 35.2 Å². The summed E-state index contributed by atoms with van der Waals surface area (Å²) in [6.45, 7) is 4.25. The molecule has 0 saturated carbocycles. The fraction of sp³-hybridized carbons (Fsp3) is 0.208. The third-order valence-corrected chi connectivity index (χ3v) is 5.74. The van der Waals surface area contributed by atoms with E-state index in [2.05, 4.69) is 0 Å². The lowest BCUT2D eigenvalue weighted by atomic mass is 10.1. The van der Waals surface area contributed by atoms with E-state index in [9.17, 15) is 13.2 Å². The molecule has 3 rings (SSSR count). The van der Waals surface area contributed by atoms with E-state index in [1.165, 1.54) is 12.1 Å². The molecule has 5 nitrogen and oxygen atoms in total. The Hall–Kier alpha value is -3.12. The molecule has 0 radical (unpaired) electrons. The number of hydrogen-bond acceptors (Lipinski definition) is 4. The van der Waals surface area contributed by atoms with Gasteiger partial charge in [-0.25, -0.2) is 8.42 Å². The first-order valence-electron chi connectivity index (χ1n) is 9.66. The number of anilines is 1. The van der Waals surface area contributed by atoms with Gasteiger partial charge in [0.1, 0.15) is 12.4 Å². The van der Waals surface area contributed by atoms with Gasteiger partial charge >= 0.3 is 0 Å². The first-order chi connectivity index (χ1) is 14.3. The number of ether oxygens (including phenoxy) is 1. The van der Waals surface area contributed by atoms with Crippen LogP contribution in [0.15, 0.2) is 83.8 Å².